The lowest BCUT2D eigenvalue weighted by Gasteiger charge is -2.29. The Kier molecular flexibility index (Phi) is 4.58. The van der Waals surface area contributed by atoms with Crippen LogP contribution in [0.25, 0.3) is 0 Å². The molecule has 0 spiro atoms. The summed E-state index contributed by atoms with van der Waals surface area (Å²) in [7, 11) is 0. The van der Waals surface area contributed by atoms with Crippen LogP contribution >= 0.6 is 0 Å². The topological polar surface area (TPSA) is 50.8 Å². The Hall–Kier alpha value is -0.650. The van der Waals surface area contributed by atoms with Crippen LogP contribution in [0.1, 0.15) is 26.2 Å². The van der Waals surface area contributed by atoms with Crippen molar-refractivity contribution in [1.82, 2.24) is 10.2 Å². The van der Waals surface area contributed by atoms with Crippen LogP contribution in [0.15, 0.2) is 0 Å². The molecule has 3 fully saturated rings. The van der Waals surface area contributed by atoms with Crippen molar-refractivity contribution < 1.29 is 14.3 Å². The van der Waals surface area contributed by atoms with E-state index in [0.29, 0.717) is 31.1 Å². The van der Waals surface area contributed by atoms with Gasteiger partial charge in [-0.3, -0.25) is 4.79 Å². The maximum Gasteiger partial charge on any atom is 0.229 e. The first-order chi connectivity index (χ1) is 9.79. The zero-order chi connectivity index (χ0) is 13.9. The number of rotatable bonds is 6. The smallest absolute Gasteiger partial charge is 0.229 e. The molecule has 0 aromatic rings. The number of hydrogen-bond acceptors (Lipinski definition) is 4. The normalized spacial score (nSPS) is 33.5. The number of likely N-dealkylation sites (N-methyl/N-ethyl adjacent to an activating group) is 1. The summed E-state index contributed by atoms with van der Waals surface area (Å²) >= 11 is 0. The van der Waals surface area contributed by atoms with Gasteiger partial charge in [-0.15, -0.1) is 0 Å². The zero-order valence-corrected chi connectivity index (χ0v) is 12.3. The molecule has 114 valence electrons. The molecule has 2 saturated heterocycles. The molecule has 0 aromatic carbocycles. The summed E-state index contributed by atoms with van der Waals surface area (Å²) < 4.78 is 11.0. The Morgan fingerprint density at radius 3 is 2.70 bits per heavy atom. The van der Waals surface area contributed by atoms with E-state index >= 15 is 0 Å². The molecule has 0 bridgehead atoms. The van der Waals surface area contributed by atoms with Gasteiger partial charge in [0, 0.05) is 31.2 Å². The average Bonchev–Trinajstić information content (AvgIpc) is 2.97. The van der Waals surface area contributed by atoms with E-state index in [4.69, 9.17) is 9.47 Å². The van der Waals surface area contributed by atoms with Crippen molar-refractivity contribution in [1.29, 1.82) is 0 Å². The minimum absolute atomic E-state index is 0.00197. The summed E-state index contributed by atoms with van der Waals surface area (Å²) in [6.45, 7) is 6.74. The zero-order valence-electron chi connectivity index (χ0n) is 12.3. The lowest BCUT2D eigenvalue weighted by molar-refractivity contribution is -0.137. The molecule has 0 aromatic heterocycles. The third-order valence-corrected chi connectivity index (χ3v) is 4.61. The number of amides is 1. The van der Waals surface area contributed by atoms with Gasteiger partial charge in [0.15, 0.2) is 0 Å². The average molecular weight is 282 g/mol. The lowest BCUT2D eigenvalue weighted by Crippen LogP contribution is -2.48. The van der Waals surface area contributed by atoms with Gasteiger partial charge in [0.2, 0.25) is 5.91 Å². The van der Waals surface area contributed by atoms with Crippen LogP contribution < -0.4 is 5.32 Å². The van der Waals surface area contributed by atoms with E-state index in [9.17, 15) is 4.79 Å². The number of hydrogen-bond donors (Lipinski definition) is 1. The van der Waals surface area contributed by atoms with Crippen molar-refractivity contribution in [2.24, 2.45) is 11.8 Å². The van der Waals surface area contributed by atoms with E-state index in [0.717, 1.165) is 32.7 Å². The Balaban J connectivity index is 1.62. The predicted octanol–water partition coefficient (Wildman–Crippen LogP) is 0.638. The summed E-state index contributed by atoms with van der Waals surface area (Å²) in [4.78, 5) is 15.0. The van der Waals surface area contributed by atoms with Crippen LogP contribution in [-0.2, 0) is 14.3 Å². The number of ether oxygens (including phenoxy) is 2. The molecule has 3 aliphatic rings. The molecule has 0 radical (unpaired) electrons. The van der Waals surface area contributed by atoms with Gasteiger partial charge in [-0.25, -0.2) is 0 Å². The first-order valence-electron chi connectivity index (χ1n) is 7.99. The molecular weight excluding hydrogens is 256 g/mol. The highest BCUT2D eigenvalue weighted by Crippen LogP contribution is 2.31. The Morgan fingerprint density at radius 1 is 1.20 bits per heavy atom. The van der Waals surface area contributed by atoms with Crippen LogP contribution in [0.2, 0.25) is 0 Å². The minimum Gasteiger partial charge on any atom is -0.381 e. The van der Waals surface area contributed by atoms with Gasteiger partial charge in [0.1, 0.15) is 0 Å². The van der Waals surface area contributed by atoms with Gasteiger partial charge in [0.05, 0.1) is 25.7 Å². The molecule has 2 heterocycles. The Morgan fingerprint density at radius 2 is 2.05 bits per heavy atom. The molecule has 3 unspecified atom stereocenters. The van der Waals surface area contributed by atoms with E-state index in [-0.39, 0.29) is 12.0 Å². The molecular formula is C15H26N2O3. The van der Waals surface area contributed by atoms with E-state index in [2.05, 4.69) is 17.1 Å². The van der Waals surface area contributed by atoms with Crippen molar-refractivity contribution in [2.75, 3.05) is 39.5 Å². The lowest BCUT2D eigenvalue weighted by atomic mass is 10.00. The van der Waals surface area contributed by atoms with Crippen LogP contribution in [0.5, 0.6) is 0 Å². The second-order valence-corrected chi connectivity index (χ2v) is 6.26. The number of carbonyl (C=O) groups excluding carboxylic acids is 1. The van der Waals surface area contributed by atoms with Crippen LogP contribution in [0.4, 0.5) is 0 Å². The maximum absolute atomic E-state index is 12.9. The van der Waals surface area contributed by atoms with E-state index in [1.807, 2.05) is 0 Å². The molecule has 2 aliphatic heterocycles. The molecule has 3 atom stereocenters. The molecule has 1 N–H and O–H groups in total. The molecule has 1 saturated carbocycles. The first kappa shape index (κ1) is 14.3. The molecule has 1 aliphatic carbocycles. The Labute approximate surface area is 121 Å². The molecule has 5 nitrogen and oxygen atoms in total. The number of carbonyl (C=O) groups is 1. The monoisotopic (exact) mass is 282 g/mol. The summed E-state index contributed by atoms with van der Waals surface area (Å²) in [5, 5.41) is 3.39. The standard InChI is InChI=1S/C15H26N2O3/c1-2-16-14-10-20-9-13(14)15(18)17(12-3-4-12)7-11-5-6-19-8-11/h11-14,16H,2-10H2,1H3. The van der Waals surface area contributed by atoms with Crippen molar-refractivity contribution in [3.05, 3.63) is 0 Å². The SMILES string of the molecule is CCNC1COCC1C(=O)N(CC1CCOC1)C1CC1. The highest BCUT2D eigenvalue weighted by Gasteiger charge is 2.41. The van der Waals surface area contributed by atoms with Gasteiger partial charge < -0.3 is 19.7 Å². The van der Waals surface area contributed by atoms with E-state index < -0.39 is 0 Å². The van der Waals surface area contributed by atoms with E-state index in [1.165, 1.54) is 12.8 Å². The second kappa shape index (κ2) is 6.41. The molecule has 20 heavy (non-hydrogen) atoms. The largest absolute Gasteiger partial charge is 0.381 e. The fraction of sp³-hybridized carbons (Fsp3) is 0.933. The maximum atomic E-state index is 12.9. The first-order valence-corrected chi connectivity index (χ1v) is 7.99. The predicted molar refractivity (Wildman–Crippen MR) is 75.4 cm³/mol. The molecule has 1 amide bonds. The third-order valence-electron chi connectivity index (χ3n) is 4.61. The van der Waals surface area contributed by atoms with Gasteiger partial charge >= 0.3 is 0 Å². The molecule has 5 heteroatoms. The van der Waals surface area contributed by atoms with Gasteiger partial charge in [-0.05, 0) is 25.8 Å². The fourth-order valence-corrected chi connectivity index (χ4v) is 3.28. The van der Waals surface area contributed by atoms with Gasteiger partial charge in [-0.1, -0.05) is 6.92 Å². The summed E-state index contributed by atoms with van der Waals surface area (Å²) in [6.07, 6.45) is 3.42. The summed E-state index contributed by atoms with van der Waals surface area (Å²) in [5.74, 6) is 0.820. The highest BCUT2D eigenvalue weighted by atomic mass is 16.5. The van der Waals surface area contributed by atoms with Crippen LogP contribution in [0.3, 0.4) is 0 Å². The quantitative estimate of drug-likeness (QED) is 0.777. The fourth-order valence-electron chi connectivity index (χ4n) is 3.28. The van der Waals surface area contributed by atoms with Gasteiger partial charge in [0.25, 0.3) is 0 Å². The van der Waals surface area contributed by atoms with Crippen molar-refractivity contribution >= 4 is 5.91 Å². The van der Waals surface area contributed by atoms with Crippen molar-refractivity contribution in [3.63, 3.8) is 0 Å². The summed E-state index contributed by atoms with van der Waals surface area (Å²) in [6, 6.07) is 0.666. The van der Waals surface area contributed by atoms with Crippen molar-refractivity contribution in [2.45, 2.75) is 38.3 Å². The summed E-state index contributed by atoms with van der Waals surface area (Å²) in [5.41, 5.74) is 0. The van der Waals surface area contributed by atoms with E-state index in [1.54, 1.807) is 0 Å². The minimum atomic E-state index is -0.00197. The number of nitrogens with zero attached hydrogens (tertiary/aromatic N) is 1. The highest BCUT2D eigenvalue weighted by molar-refractivity contribution is 5.80. The van der Waals surface area contributed by atoms with Crippen LogP contribution in [-0.4, -0.2) is 62.4 Å². The molecule has 3 rings (SSSR count). The van der Waals surface area contributed by atoms with Gasteiger partial charge in [-0.2, -0.15) is 0 Å². The number of nitrogens with one attached hydrogen (secondary N) is 1. The third kappa shape index (κ3) is 3.15. The van der Waals surface area contributed by atoms with Crippen LogP contribution in [0, 0.1) is 11.8 Å². The van der Waals surface area contributed by atoms with Crippen molar-refractivity contribution in [3.8, 4) is 0 Å². The second-order valence-electron chi connectivity index (χ2n) is 6.26. The Bertz CT molecular complexity index is 340.